The predicted molar refractivity (Wildman–Crippen MR) is 98.5 cm³/mol. The van der Waals surface area contributed by atoms with E-state index in [2.05, 4.69) is 10.6 Å². The second kappa shape index (κ2) is 8.56. The Morgan fingerprint density at radius 3 is 2.44 bits per heavy atom. The predicted octanol–water partition coefficient (Wildman–Crippen LogP) is 4.21. The molecule has 138 valence electrons. The molecule has 1 saturated carbocycles. The van der Waals surface area contributed by atoms with Crippen molar-refractivity contribution in [3.05, 3.63) is 34.9 Å². The van der Waals surface area contributed by atoms with E-state index < -0.39 is 11.7 Å². The van der Waals surface area contributed by atoms with Gasteiger partial charge in [-0.1, -0.05) is 23.7 Å². The second-order valence-corrected chi connectivity index (χ2v) is 7.90. The molecule has 0 aliphatic heterocycles. The third-order valence-corrected chi connectivity index (χ3v) is 4.14. The van der Waals surface area contributed by atoms with Gasteiger partial charge in [0.15, 0.2) is 0 Å². The smallest absolute Gasteiger partial charge is 0.407 e. The van der Waals surface area contributed by atoms with Crippen LogP contribution >= 0.6 is 11.6 Å². The van der Waals surface area contributed by atoms with E-state index in [0.29, 0.717) is 30.3 Å². The normalized spacial score (nSPS) is 15.4. The maximum Gasteiger partial charge on any atom is 0.407 e. The Morgan fingerprint density at radius 1 is 1.24 bits per heavy atom. The van der Waals surface area contributed by atoms with E-state index in [0.717, 1.165) is 18.4 Å². The number of nitrogens with one attached hydrogen (secondary N) is 2. The number of halogens is 1. The molecule has 0 spiro atoms. The second-order valence-electron chi connectivity index (χ2n) is 7.47. The molecule has 0 aromatic heterocycles. The van der Waals surface area contributed by atoms with Crippen LogP contribution in [0.2, 0.25) is 5.02 Å². The Kier molecular flexibility index (Phi) is 6.71. The van der Waals surface area contributed by atoms with Crippen LogP contribution in [0.15, 0.2) is 24.3 Å². The molecule has 6 heteroatoms. The van der Waals surface area contributed by atoms with Gasteiger partial charge >= 0.3 is 6.09 Å². The number of alkyl carbamates (subject to hydrolysis) is 1. The summed E-state index contributed by atoms with van der Waals surface area (Å²) in [5.41, 5.74) is 0.574. The molecular weight excluding hydrogens is 340 g/mol. The highest BCUT2D eigenvalue weighted by Crippen LogP contribution is 2.41. The van der Waals surface area contributed by atoms with Gasteiger partial charge in [-0.2, -0.15) is 0 Å². The van der Waals surface area contributed by atoms with Crippen molar-refractivity contribution in [2.24, 2.45) is 5.92 Å². The van der Waals surface area contributed by atoms with Crippen LogP contribution in [0.3, 0.4) is 0 Å². The van der Waals surface area contributed by atoms with Crippen LogP contribution in [0.4, 0.5) is 4.79 Å². The SMILES string of the molecule is CC(C)(C)OC(=O)NCCCC(=O)NC(c1ccc(Cl)cc1)C1CC1. The molecule has 0 heterocycles. The molecular formula is C19H27ClN2O3. The monoisotopic (exact) mass is 366 g/mol. The van der Waals surface area contributed by atoms with E-state index >= 15 is 0 Å². The number of rotatable bonds is 7. The van der Waals surface area contributed by atoms with E-state index in [1.165, 1.54) is 0 Å². The van der Waals surface area contributed by atoms with Crippen molar-refractivity contribution in [2.45, 2.75) is 58.1 Å². The molecule has 1 unspecified atom stereocenters. The number of hydrogen-bond donors (Lipinski definition) is 2. The van der Waals surface area contributed by atoms with Crippen LogP contribution in [-0.4, -0.2) is 24.1 Å². The molecule has 0 saturated heterocycles. The maximum atomic E-state index is 12.2. The summed E-state index contributed by atoms with van der Waals surface area (Å²) in [5.74, 6) is 0.503. The van der Waals surface area contributed by atoms with Gasteiger partial charge in [0.2, 0.25) is 5.91 Å². The number of carbonyl (C=O) groups is 2. The van der Waals surface area contributed by atoms with Gasteiger partial charge in [0.1, 0.15) is 5.60 Å². The Hall–Kier alpha value is -1.75. The number of amides is 2. The third-order valence-electron chi connectivity index (χ3n) is 3.89. The van der Waals surface area contributed by atoms with Gasteiger partial charge in [-0.3, -0.25) is 4.79 Å². The fourth-order valence-electron chi connectivity index (χ4n) is 2.57. The first kappa shape index (κ1) is 19.6. The average molecular weight is 367 g/mol. The molecule has 5 nitrogen and oxygen atoms in total. The lowest BCUT2D eigenvalue weighted by Crippen LogP contribution is -2.34. The zero-order valence-corrected chi connectivity index (χ0v) is 15.9. The first-order chi connectivity index (χ1) is 11.7. The minimum atomic E-state index is -0.516. The Bertz CT molecular complexity index is 592. The summed E-state index contributed by atoms with van der Waals surface area (Å²) < 4.78 is 5.16. The first-order valence-corrected chi connectivity index (χ1v) is 9.14. The number of hydrogen-bond acceptors (Lipinski definition) is 3. The van der Waals surface area contributed by atoms with Crippen molar-refractivity contribution < 1.29 is 14.3 Å². The van der Waals surface area contributed by atoms with Crippen molar-refractivity contribution in [1.29, 1.82) is 0 Å². The summed E-state index contributed by atoms with van der Waals surface area (Å²) in [5, 5.41) is 6.47. The van der Waals surface area contributed by atoms with Crippen LogP contribution in [0.5, 0.6) is 0 Å². The topological polar surface area (TPSA) is 67.4 Å². The standard InChI is InChI=1S/C19H27ClN2O3/c1-19(2,3)25-18(24)21-12-4-5-16(23)22-17(13-6-7-13)14-8-10-15(20)11-9-14/h8-11,13,17H,4-7,12H2,1-3H3,(H,21,24)(H,22,23). The van der Waals surface area contributed by atoms with Gasteiger partial charge in [0, 0.05) is 18.0 Å². The molecule has 0 radical (unpaired) electrons. The molecule has 0 bridgehead atoms. The summed E-state index contributed by atoms with van der Waals surface area (Å²) in [6.07, 6.45) is 2.75. The summed E-state index contributed by atoms with van der Waals surface area (Å²) >= 11 is 5.94. The van der Waals surface area contributed by atoms with E-state index in [9.17, 15) is 9.59 Å². The van der Waals surface area contributed by atoms with E-state index in [4.69, 9.17) is 16.3 Å². The molecule has 1 fully saturated rings. The van der Waals surface area contributed by atoms with E-state index in [1.807, 2.05) is 45.0 Å². The average Bonchev–Trinajstić information content (AvgIpc) is 3.33. The van der Waals surface area contributed by atoms with E-state index in [-0.39, 0.29) is 11.9 Å². The number of carbonyl (C=O) groups excluding carboxylic acids is 2. The zero-order chi connectivity index (χ0) is 18.4. The highest BCUT2D eigenvalue weighted by Gasteiger charge is 2.33. The molecule has 1 aromatic carbocycles. The molecule has 1 aliphatic rings. The summed E-state index contributed by atoms with van der Waals surface area (Å²) in [6.45, 7) is 5.86. The van der Waals surface area contributed by atoms with Crippen LogP contribution in [-0.2, 0) is 9.53 Å². The van der Waals surface area contributed by atoms with Gasteiger partial charge in [0.25, 0.3) is 0 Å². The molecule has 25 heavy (non-hydrogen) atoms. The summed E-state index contributed by atoms with van der Waals surface area (Å²) in [7, 11) is 0. The van der Waals surface area contributed by atoms with Crippen LogP contribution in [0, 0.1) is 5.92 Å². The third kappa shape index (κ3) is 7.34. The quantitative estimate of drug-likeness (QED) is 0.710. The van der Waals surface area contributed by atoms with Gasteiger partial charge < -0.3 is 15.4 Å². The highest BCUT2D eigenvalue weighted by atomic mass is 35.5. The zero-order valence-electron chi connectivity index (χ0n) is 15.1. The molecule has 2 N–H and O–H groups in total. The van der Waals surface area contributed by atoms with Crippen molar-refractivity contribution in [2.75, 3.05) is 6.54 Å². The minimum Gasteiger partial charge on any atom is -0.444 e. The van der Waals surface area contributed by atoms with Crippen LogP contribution in [0.1, 0.15) is 58.1 Å². The van der Waals surface area contributed by atoms with Crippen molar-refractivity contribution >= 4 is 23.6 Å². The number of ether oxygens (including phenoxy) is 1. The Morgan fingerprint density at radius 2 is 1.88 bits per heavy atom. The Labute approximate surface area is 154 Å². The molecule has 1 atom stereocenters. The van der Waals surface area contributed by atoms with Crippen molar-refractivity contribution in [3.63, 3.8) is 0 Å². The van der Waals surface area contributed by atoms with Gasteiger partial charge in [0.05, 0.1) is 6.04 Å². The lowest BCUT2D eigenvalue weighted by atomic mass is 10.0. The Balaban J connectivity index is 1.73. The summed E-state index contributed by atoms with van der Waals surface area (Å²) in [4.78, 5) is 23.8. The molecule has 1 aliphatic carbocycles. The summed E-state index contributed by atoms with van der Waals surface area (Å²) in [6, 6.07) is 7.68. The fourth-order valence-corrected chi connectivity index (χ4v) is 2.70. The van der Waals surface area contributed by atoms with Gasteiger partial charge in [-0.15, -0.1) is 0 Å². The van der Waals surface area contributed by atoms with Gasteiger partial charge in [-0.25, -0.2) is 4.79 Å². The lowest BCUT2D eigenvalue weighted by molar-refractivity contribution is -0.122. The van der Waals surface area contributed by atoms with Crippen molar-refractivity contribution in [1.82, 2.24) is 10.6 Å². The van der Waals surface area contributed by atoms with Crippen LogP contribution in [0.25, 0.3) is 0 Å². The number of benzene rings is 1. The fraction of sp³-hybridized carbons (Fsp3) is 0.579. The first-order valence-electron chi connectivity index (χ1n) is 8.76. The maximum absolute atomic E-state index is 12.2. The molecule has 2 rings (SSSR count). The lowest BCUT2D eigenvalue weighted by Gasteiger charge is -2.20. The highest BCUT2D eigenvalue weighted by molar-refractivity contribution is 6.30. The largest absolute Gasteiger partial charge is 0.444 e. The van der Waals surface area contributed by atoms with Gasteiger partial charge in [-0.05, 0) is 63.6 Å². The molecule has 2 amide bonds. The minimum absolute atomic E-state index is 0.00200. The van der Waals surface area contributed by atoms with Crippen molar-refractivity contribution in [3.8, 4) is 0 Å². The van der Waals surface area contributed by atoms with E-state index in [1.54, 1.807) is 0 Å². The molecule has 1 aromatic rings. The van der Waals surface area contributed by atoms with Crippen LogP contribution < -0.4 is 10.6 Å².